The van der Waals surface area contributed by atoms with Crippen molar-refractivity contribution >= 4 is 46.2 Å². The Balaban J connectivity index is 1.37. The summed E-state index contributed by atoms with van der Waals surface area (Å²) < 4.78 is 10.9. The molecule has 0 fully saturated rings. The summed E-state index contributed by atoms with van der Waals surface area (Å²) >= 11 is 1.39. The number of benzene rings is 3. The Kier molecular flexibility index (Phi) is 9.44. The number of allylic oxidation sites excluding steroid dienone is 2. The average Bonchev–Trinajstić information content (AvgIpc) is 3.68. The number of ether oxygens (including phenoxy) is 2. The lowest BCUT2D eigenvalue weighted by Crippen LogP contribution is -2.54. The van der Waals surface area contributed by atoms with Crippen LogP contribution in [0.2, 0.25) is 0 Å². The van der Waals surface area contributed by atoms with Gasteiger partial charge in [0.15, 0.2) is 0 Å². The maximum atomic E-state index is 14.4. The molecule has 2 unspecified atom stereocenters. The molecule has 1 aliphatic heterocycles. The van der Waals surface area contributed by atoms with Crippen LogP contribution < -0.4 is 19.7 Å². The fraction of sp³-hybridized carbons (Fsp3) is 0.250. The maximum absolute atomic E-state index is 14.4. The number of Topliss-reactive ketones (excluding diaryl/α,β-unsaturated/α-hetero) is 1. The largest absolute Gasteiger partial charge is 0.497 e. The van der Waals surface area contributed by atoms with Crippen molar-refractivity contribution in [3.8, 4) is 22.8 Å². The first kappa shape index (κ1) is 31.7. The lowest BCUT2D eigenvalue weighted by atomic mass is 9.86. The fourth-order valence-corrected chi connectivity index (χ4v) is 6.87. The number of thiazole rings is 1. The Bertz CT molecular complexity index is 1840. The highest BCUT2D eigenvalue weighted by Gasteiger charge is 2.41. The van der Waals surface area contributed by atoms with Gasteiger partial charge in [0, 0.05) is 17.0 Å². The summed E-state index contributed by atoms with van der Waals surface area (Å²) in [7, 11) is 3.05. The monoisotopic (exact) mass is 650 g/mol. The zero-order chi connectivity index (χ0) is 32.9. The Hall–Kier alpha value is -5.29. The molecule has 1 aromatic heterocycles. The molecular formula is C36H34N4O6S. The van der Waals surface area contributed by atoms with Crippen molar-refractivity contribution in [2.75, 3.05) is 31.0 Å². The van der Waals surface area contributed by atoms with Gasteiger partial charge in [-0.15, -0.1) is 11.3 Å². The van der Waals surface area contributed by atoms with E-state index in [9.17, 15) is 19.2 Å². The molecule has 1 N–H and O–H groups in total. The van der Waals surface area contributed by atoms with Crippen LogP contribution in [0.5, 0.6) is 11.5 Å². The van der Waals surface area contributed by atoms with Crippen LogP contribution in [0.4, 0.5) is 11.4 Å². The normalized spacial score (nSPS) is 16.0. The zero-order valence-electron chi connectivity index (χ0n) is 26.0. The molecule has 3 amide bonds. The molecule has 11 heteroatoms. The van der Waals surface area contributed by atoms with E-state index < -0.39 is 36.1 Å². The maximum Gasteiger partial charge on any atom is 0.299 e. The fourth-order valence-electron chi connectivity index (χ4n) is 6.07. The van der Waals surface area contributed by atoms with Crippen molar-refractivity contribution in [2.45, 2.75) is 31.8 Å². The van der Waals surface area contributed by atoms with Crippen molar-refractivity contribution in [3.63, 3.8) is 0 Å². The van der Waals surface area contributed by atoms with Crippen LogP contribution in [0.25, 0.3) is 11.3 Å². The van der Waals surface area contributed by atoms with E-state index in [1.165, 1.54) is 28.2 Å². The zero-order valence-corrected chi connectivity index (χ0v) is 26.9. The molecule has 0 radical (unpaired) electrons. The van der Waals surface area contributed by atoms with E-state index in [1.54, 1.807) is 49.6 Å². The van der Waals surface area contributed by atoms with Gasteiger partial charge < -0.3 is 19.7 Å². The van der Waals surface area contributed by atoms with Crippen molar-refractivity contribution in [1.29, 1.82) is 0 Å². The van der Waals surface area contributed by atoms with Crippen molar-refractivity contribution in [3.05, 3.63) is 101 Å². The number of rotatable bonds is 11. The highest BCUT2D eigenvalue weighted by molar-refractivity contribution is 7.09. The number of hydrogen-bond acceptors (Lipinski definition) is 8. The third-order valence-electron chi connectivity index (χ3n) is 8.45. The van der Waals surface area contributed by atoms with Gasteiger partial charge in [-0.2, -0.15) is 0 Å². The molecule has 2 atom stereocenters. The van der Waals surface area contributed by atoms with Gasteiger partial charge in [-0.3, -0.25) is 24.1 Å². The third-order valence-corrected chi connectivity index (χ3v) is 9.28. The molecule has 47 heavy (non-hydrogen) atoms. The van der Waals surface area contributed by atoms with Gasteiger partial charge in [-0.25, -0.2) is 4.98 Å². The quantitative estimate of drug-likeness (QED) is 0.162. The van der Waals surface area contributed by atoms with Gasteiger partial charge in [-0.05, 0) is 49.4 Å². The molecule has 2 heterocycles. The number of para-hydroxylation sites is 1. The van der Waals surface area contributed by atoms with Crippen molar-refractivity contribution in [2.24, 2.45) is 5.92 Å². The van der Waals surface area contributed by atoms with Crippen LogP contribution in [0.3, 0.4) is 0 Å². The number of methoxy groups -OCH3 is 2. The summed E-state index contributed by atoms with van der Waals surface area (Å²) in [4.78, 5) is 62.2. The average molecular weight is 651 g/mol. The number of carbonyl (C=O) groups is 4. The summed E-state index contributed by atoms with van der Waals surface area (Å²) in [6.07, 6.45) is 6.11. The molecular weight excluding hydrogens is 616 g/mol. The third kappa shape index (κ3) is 6.66. The Labute approximate surface area is 276 Å². The molecule has 1 aliphatic carbocycles. The molecule has 0 bridgehead atoms. The van der Waals surface area contributed by atoms with Gasteiger partial charge in [0.1, 0.15) is 29.1 Å². The summed E-state index contributed by atoms with van der Waals surface area (Å²) in [6.45, 7) is -0.372. The molecule has 4 aromatic rings. The number of fused-ring (bicyclic) bond motifs is 1. The SMILES string of the molecule is COc1ccc(NC(=O)C(C2CC=CCC2)N(Cc2nc(-c3ccccc3)cs2)C(=O)CN2C(=O)C(=O)c3ccccc32)c(OC)c1. The number of amides is 3. The topological polar surface area (TPSA) is 118 Å². The second-order valence-corrected chi connectivity index (χ2v) is 12.2. The van der Waals surface area contributed by atoms with E-state index in [4.69, 9.17) is 14.5 Å². The van der Waals surface area contributed by atoms with E-state index in [0.717, 1.165) is 17.7 Å². The summed E-state index contributed by atoms with van der Waals surface area (Å²) in [5, 5.41) is 5.55. The molecule has 0 spiro atoms. The minimum Gasteiger partial charge on any atom is -0.497 e. The molecule has 0 saturated carbocycles. The second-order valence-electron chi connectivity index (χ2n) is 11.3. The summed E-state index contributed by atoms with van der Waals surface area (Å²) in [6, 6.07) is 20.5. The number of ketones is 1. The highest BCUT2D eigenvalue weighted by Crippen LogP contribution is 2.34. The minimum atomic E-state index is -0.924. The van der Waals surface area contributed by atoms with E-state index >= 15 is 0 Å². The summed E-state index contributed by atoms with van der Waals surface area (Å²) in [5.74, 6) is -1.56. The van der Waals surface area contributed by atoms with E-state index in [0.29, 0.717) is 40.7 Å². The molecule has 0 saturated heterocycles. The second kappa shape index (κ2) is 14.0. The van der Waals surface area contributed by atoms with E-state index in [-0.39, 0.29) is 18.0 Å². The Morgan fingerprint density at radius 3 is 2.55 bits per heavy atom. The number of nitrogens with one attached hydrogen (secondary N) is 1. The molecule has 2 aliphatic rings. The highest BCUT2D eigenvalue weighted by atomic mass is 32.1. The van der Waals surface area contributed by atoms with Crippen LogP contribution in [-0.2, 0) is 20.9 Å². The standard InChI is InChI=1S/C36H34N4O6S/c1-45-25-17-18-27(30(19-25)46-2)38-35(43)33(24-13-7-4-8-14-24)40(20-31-37-28(22-47-31)23-11-5-3-6-12-23)32(41)21-39-29-16-10-9-15-26(29)34(42)36(39)44/h3-7,9-12,15-19,22,24,33H,8,13-14,20-21H2,1-2H3,(H,38,43). The number of carbonyl (C=O) groups excluding carboxylic acids is 4. The molecule has 240 valence electrons. The van der Waals surface area contributed by atoms with Gasteiger partial charge in [0.05, 0.1) is 43.4 Å². The van der Waals surface area contributed by atoms with Crippen LogP contribution in [0, 0.1) is 5.92 Å². The van der Waals surface area contributed by atoms with E-state index in [2.05, 4.69) is 11.4 Å². The minimum absolute atomic E-state index is 0.0337. The first-order chi connectivity index (χ1) is 22.9. The number of nitrogens with zero attached hydrogens (tertiary/aromatic N) is 3. The van der Waals surface area contributed by atoms with Crippen LogP contribution in [0.15, 0.2) is 90.3 Å². The van der Waals surface area contributed by atoms with Gasteiger partial charge in [0.2, 0.25) is 11.8 Å². The van der Waals surface area contributed by atoms with Gasteiger partial charge in [-0.1, -0.05) is 54.6 Å². The Morgan fingerprint density at radius 1 is 1.02 bits per heavy atom. The molecule has 6 rings (SSSR count). The van der Waals surface area contributed by atoms with Crippen molar-refractivity contribution in [1.82, 2.24) is 9.88 Å². The first-order valence-electron chi connectivity index (χ1n) is 15.3. The predicted octanol–water partition coefficient (Wildman–Crippen LogP) is 5.75. The van der Waals surface area contributed by atoms with Gasteiger partial charge in [0.25, 0.3) is 11.7 Å². The lowest BCUT2D eigenvalue weighted by molar-refractivity contribution is -0.140. The lowest BCUT2D eigenvalue weighted by Gasteiger charge is -2.37. The predicted molar refractivity (Wildman–Crippen MR) is 180 cm³/mol. The number of aromatic nitrogens is 1. The number of hydrogen-bond donors (Lipinski definition) is 1. The van der Waals surface area contributed by atoms with Crippen LogP contribution in [0.1, 0.15) is 34.6 Å². The van der Waals surface area contributed by atoms with E-state index in [1.807, 2.05) is 41.8 Å². The Morgan fingerprint density at radius 2 is 1.81 bits per heavy atom. The number of anilines is 2. The van der Waals surface area contributed by atoms with Crippen molar-refractivity contribution < 1.29 is 28.7 Å². The molecule has 3 aromatic carbocycles. The summed E-state index contributed by atoms with van der Waals surface area (Å²) in [5.41, 5.74) is 2.75. The molecule has 10 nitrogen and oxygen atoms in total. The first-order valence-corrected chi connectivity index (χ1v) is 16.2. The van der Waals surface area contributed by atoms with Gasteiger partial charge >= 0.3 is 0 Å². The van der Waals surface area contributed by atoms with Crippen LogP contribution >= 0.6 is 11.3 Å². The van der Waals surface area contributed by atoms with Crippen LogP contribution in [-0.4, -0.2) is 60.2 Å². The smallest absolute Gasteiger partial charge is 0.299 e.